The van der Waals surface area contributed by atoms with Crippen LogP contribution < -0.4 is 14.2 Å². The highest BCUT2D eigenvalue weighted by Crippen LogP contribution is 2.36. The van der Waals surface area contributed by atoms with Gasteiger partial charge in [-0.15, -0.1) is 0 Å². The lowest BCUT2D eigenvalue weighted by Crippen LogP contribution is -2.18. The Morgan fingerprint density at radius 2 is 1.68 bits per heavy atom. The first kappa shape index (κ1) is 17.3. The smallest absolute Gasteiger partial charge is 0.349 e. The zero-order valence-electron chi connectivity index (χ0n) is 11.4. The van der Waals surface area contributed by atoms with Crippen molar-refractivity contribution in [1.29, 1.82) is 0 Å². The first-order valence-corrected chi connectivity index (χ1v) is 8.49. The maximum Gasteiger partial charge on any atom is 0.349 e. The van der Waals surface area contributed by atoms with Crippen molar-refractivity contribution in [3.8, 4) is 17.2 Å². The molecular weight excluding hydrogens is 484 g/mol. The molecule has 0 heterocycles. The maximum absolute atomic E-state index is 11.9. The van der Waals surface area contributed by atoms with E-state index in [4.69, 9.17) is 14.2 Å². The molecule has 0 atom stereocenters. The van der Waals surface area contributed by atoms with E-state index < -0.39 is 5.97 Å². The number of hydrogen-bond donors (Lipinski definition) is 0. The van der Waals surface area contributed by atoms with Gasteiger partial charge >= 0.3 is 5.97 Å². The van der Waals surface area contributed by atoms with Gasteiger partial charge in [-0.25, -0.2) is 4.79 Å². The molecule has 116 valence electrons. The lowest BCUT2D eigenvalue weighted by Gasteiger charge is -2.10. The summed E-state index contributed by atoms with van der Waals surface area (Å²) in [6.07, 6.45) is 0. The summed E-state index contributed by atoms with van der Waals surface area (Å²) < 4.78 is 17.9. The third kappa shape index (κ3) is 4.72. The van der Waals surface area contributed by atoms with Gasteiger partial charge in [-0.05, 0) is 56.1 Å². The lowest BCUT2D eigenvalue weighted by atomic mass is 10.3. The maximum atomic E-state index is 11.9. The molecular formula is C15H11Br3O4. The van der Waals surface area contributed by atoms with E-state index in [0.29, 0.717) is 26.2 Å². The molecule has 0 aliphatic carbocycles. The number of carbonyl (C=O) groups is 1. The van der Waals surface area contributed by atoms with Crippen molar-refractivity contribution in [1.82, 2.24) is 0 Å². The molecule has 0 amide bonds. The third-order valence-corrected chi connectivity index (χ3v) is 4.21. The molecule has 7 heteroatoms. The molecule has 0 saturated heterocycles. The number of rotatable bonds is 5. The predicted octanol–water partition coefficient (Wildman–Crippen LogP) is 4.97. The Labute approximate surface area is 153 Å². The van der Waals surface area contributed by atoms with Crippen LogP contribution in [0.3, 0.4) is 0 Å². The van der Waals surface area contributed by atoms with E-state index in [2.05, 4.69) is 47.8 Å². The van der Waals surface area contributed by atoms with Gasteiger partial charge in [0.1, 0.15) is 11.5 Å². The van der Waals surface area contributed by atoms with Gasteiger partial charge in [0.2, 0.25) is 0 Å². The van der Waals surface area contributed by atoms with E-state index in [9.17, 15) is 4.79 Å². The summed E-state index contributed by atoms with van der Waals surface area (Å²) in [7, 11) is 1.57. The summed E-state index contributed by atoms with van der Waals surface area (Å²) in [6.45, 7) is -0.206. The second-order valence-electron chi connectivity index (χ2n) is 4.14. The Kier molecular flexibility index (Phi) is 6.28. The summed E-state index contributed by atoms with van der Waals surface area (Å²) in [4.78, 5) is 11.9. The minimum absolute atomic E-state index is 0.206. The Morgan fingerprint density at radius 1 is 1.05 bits per heavy atom. The van der Waals surface area contributed by atoms with E-state index in [1.165, 1.54) is 0 Å². The van der Waals surface area contributed by atoms with Gasteiger partial charge in [0.15, 0.2) is 12.4 Å². The van der Waals surface area contributed by atoms with Gasteiger partial charge in [-0.1, -0.05) is 22.0 Å². The molecule has 0 aliphatic heterocycles. The summed E-state index contributed by atoms with van der Waals surface area (Å²) in [5.41, 5.74) is 0. The normalized spacial score (nSPS) is 10.2. The molecule has 0 fully saturated rings. The van der Waals surface area contributed by atoms with E-state index in [-0.39, 0.29) is 6.61 Å². The van der Waals surface area contributed by atoms with Crippen molar-refractivity contribution in [3.05, 3.63) is 49.8 Å². The Balaban J connectivity index is 1.99. The van der Waals surface area contributed by atoms with Crippen LogP contribution in [0.2, 0.25) is 0 Å². The van der Waals surface area contributed by atoms with Gasteiger partial charge in [-0.2, -0.15) is 0 Å². The first-order chi connectivity index (χ1) is 10.5. The molecule has 0 N–H and O–H groups in total. The predicted molar refractivity (Wildman–Crippen MR) is 93.7 cm³/mol. The molecule has 2 aromatic carbocycles. The fraction of sp³-hybridized carbons (Fsp3) is 0.133. The highest BCUT2D eigenvalue weighted by molar-refractivity contribution is 9.11. The van der Waals surface area contributed by atoms with Crippen LogP contribution in [-0.2, 0) is 4.79 Å². The topological polar surface area (TPSA) is 44.8 Å². The summed E-state index contributed by atoms with van der Waals surface area (Å²) in [6, 6.07) is 10.6. The van der Waals surface area contributed by atoms with E-state index in [1.54, 1.807) is 43.5 Å². The number of esters is 1. The number of hydrogen-bond acceptors (Lipinski definition) is 4. The molecule has 4 nitrogen and oxygen atoms in total. The van der Waals surface area contributed by atoms with Gasteiger partial charge in [-0.3, -0.25) is 0 Å². The number of methoxy groups -OCH3 is 1. The molecule has 0 radical (unpaired) electrons. The highest BCUT2D eigenvalue weighted by atomic mass is 79.9. The number of halogens is 3. The van der Waals surface area contributed by atoms with Crippen molar-refractivity contribution < 1.29 is 19.0 Å². The summed E-state index contributed by atoms with van der Waals surface area (Å²) in [5, 5.41) is 0. The number of benzene rings is 2. The van der Waals surface area contributed by atoms with Crippen molar-refractivity contribution in [2.24, 2.45) is 0 Å². The number of ether oxygens (including phenoxy) is 3. The van der Waals surface area contributed by atoms with Gasteiger partial charge in [0, 0.05) is 10.5 Å². The summed E-state index contributed by atoms with van der Waals surface area (Å²) in [5.74, 6) is 1.09. The van der Waals surface area contributed by atoms with Crippen molar-refractivity contribution in [3.63, 3.8) is 0 Å². The van der Waals surface area contributed by atoms with E-state index in [0.717, 1.165) is 4.47 Å². The van der Waals surface area contributed by atoms with Crippen molar-refractivity contribution in [2.45, 2.75) is 0 Å². The second kappa shape index (κ2) is 7.99. The van der Waals surface area contributed by atoms with Crippen LogP contribution in [0.5, 0.6) is 17.2 Å². The Bertz CT molecular complexity index is 665. The molecule has 0 aromatic heterocycles. The fourth-order valence-corrected chi connectivity index (χ4v) is 4.02. The first-order valence-electron chi connectivity index (χ1n) is 6.11. The molecule has 2 rings (SSSR count). The van der Waals surface area contributed by atoms with E-state index >= 15 is 0 Å². The SMILES string of the molecule is COc1cccc(OCC(=O)Oc2c(Br)cc(Br)cc2Br)c1. The zero-order chi connectivity index (χ0) is 16.1. The molecule has 2 aromatic rings. The highest BCUT2D eigenvalue weighted by Gasteiger charge is 2.13. The molecule has 0 spiro atoms. The van der Waals surface area contributed by atoms with Crippen LogP contribution in [0, 0.1) is 0 Å². The van der Waals surface area contributed by atoms with Crippen LogP contribution in [-0.4, -0.2) is 19.7 Å². The molecule has 0 saturated carbocycles. The monoisotopic (exact) mass is 492 g/mol. The van der Waals surface area contributed by atoms with Crippen LogP contribution >= 0.6 is 47.8 Å². The Hall–Kier alpha value is -1.05. The molecule has 0 aliphatic rings. The largest absolute Gasteiger partial charge is 0.497 e. The molecule has 0 unspecified atom stereocenters. The lowest BCUT2D eigenvalue weighted by molar-refractivity contribution is -0.136. The minimum atomic E-state index is -0.508. The van der Waals surface area contributed by atoms with Crippen LogP contribution in [0.25, 0.3) is 0 Å². The summed E-state index contributed by atoms with van der Waals surface area (Å²) >= 11 is 10.0. The quantitative estimate of drug-likeness (QED) is 0.435. The second-order valence-corrected chi connectivity index (χ2v) is 6.76. The van der Waals surface area contributed by atoms with Crippen molar-refractivity contribution >= 4 is 53.8 Å². The fourth-order valence-electron chi connectivity index (χ4n) is 1.60. The number of carbonyl (C=O) groups excluding carboxylic acids is 1. The Morgan fingerprint density at radius 3 is 2.32 bits per heavy atom. The average molecular weight is 495 g/mol. The minimum Gasteiger partial charge on any atom is -0.497 e. The van der Waals surface area contributed by atoms with E-state index in [1.807, 2.05) is 0 Å². The van der Waals surface area contributed by atoms with Crippen molar-refractivity contribution in [2.75, 3.05) is 13.7 Å². The van der Waals surface area contributed by atoms with Gasteiger partial charge in [0.25, 0.3) is 0 Å². The van der Waals surface area contributed by atoms with Crippen LogP contribution in [0.15, 0.2) is 49.8 Å². The van der Waals surface area contributed by atoms with Crippen LogP contribution in [0.4, 0.5) is 0 Å². The third-order valence-electron chi connectivity index (χ3n) is 2.58. The average Bonchev–Trinajstić information content (AvgIpc) is 2.49. The molecule has 22 heavy (non-hydrogen) atoms. The van der Waals surface area contributed by atoms with Gasteiger partial charge < -0.3 is 14.2 Å². The standard InChI is InChI=1S/C15H11Br3O4/c1-20-10-3-2-4-11(7-10)21-8-14(19)22-15-12(17)5-9(16)6-13(15)18/h2-7H,8H2,1H3. The zero-order valence-corrected chi connectivity index (χ0v) is 16.2. The van der Waals surface area contributed by atoms with Crippen LogP contribution in [0.1, 0.15) is 0 Å². The van der Waals surface area contributed by atoms with Gasteiger partial charge in [0.05, 0.1) is 16.1 Å². The molecule has 0 bridgehead atoms.